The number of methoxy groups -OCH3 is 1. The summed E-state index contributed by atoms with van der Waals surface area (Å²) in [4.78, 5) is 11.6. The zero-order valence-electron chi connectivity index (χ0n) is 12.3. The van der Waals surface area contributed by atoms with Gasteiger partial charge in [-0.2, -0.15) is 0 Å². The van der Waals surface area contributed by atoms with Crippen LogP contribution >= 0.6 is 0 Å². The van der Waals surface area contributed by atoms with Crippen LogP contribution in [0.5, 0.6) is 0 Å². The van der Waals surface area contributed by atoms with Crippen LogP contribution in [0.4, 0.5) is 0 Å². The zero-order chi connectivity index (χ0) is 14.3. The molecule has 0 spiro atoms. The first kappa shape index (κ1) is 15.7. The van der Waals surface area contributed by atoms with Crippen molar-refractivity contribution in [3.8, 4) is 0 Å². The molecule has 0 saturated heterocycles. The van der Waals surface area contributed by atoms with Crippen molar-refractivity contribution >= 4 is 5.97 Å². The van der Waals surface area contributed by atoms with Crippen molar-refractivity contribution in [2.45, 2.75) is 39.2 Å². The SMILES string of the molecule is COC(=O)C(NCCC(C)c1ccccc1)C(C)C. The quantitative estimate of drug-likeness (QED) is 0.769. The molecule has 0 bridgehead atoms. The molecule has 0 amide bonds. The molecule has 3 nitrogen and oxygen atoms in total. The molecule has 0 saturated carbocycles. The molecule has 0 heterocycles. The molecule has 1 aromatic rings. The van der Waals surface area contributed by atoms with Crippen molar-refractivity contribution in [2.75, 3.05) is 13.7 Å². The average molecular weight is 263 g/mol. The number of benzene rings is 1. The third-order valence-electron chi connectivity index (χ3n) is 3.43. The molecule has 0 aliphatic heterocycles. The van der Waals surface area contributed by atoms with Crippen molar-refractivity contribution in [1.82, 2.24) is 5.32 Å². The summed E-state index contributed by atoms with van der Waals surface area (Å²) in [6.45, 7) is 7.07. The normalized spacial score (nSPS) is 14.2. The third-order valence-corrected chi connectivity index (χ3v) is 3.43. The van der Waals surface area contributed by atoms with E-state index in [2.05, 4.69) is 36.5 Å². The minimum Gasteiger partial charge on any atom is -0.468 e. The van der Waals surface area contributed by atoms with E-state index in [1.165, 1.54) is 12.7 Å². The summed E-state index contributed by atoms with van der Waals surface area (Å²) >= 11 is 0. The molecule has 0 radical (unpaired) electrons. The Hall–Kier alpha value is -1.35. The Bertz CT molecular complexity index is 376. The predicted molar refractivity (Wildman–Crippen MR) is 78.1 cm³/mol. The molecule has 0 aromatic heterocycles. The van der Waals surface area contributed by atoms with Gasteiger partial charge in [-0.25, -0.2) is 0 Å². The molecule has 1 N–H and O–H groups in total. The van der Waals surface area contributed by atoms with E-state index in [0.717, 1.165) is 13.0 Å². The van der Waals surface area contributed by atoms with Gasteiger partial charge >= 0.3 is 5.97 Å². The lowest BCUT2D eigenvalue weighted by Crippen LogP contribution is -2.42. The van der Waals surface area contributed by atoms with Gasteiger partial charge in [-0.1, -0.05) is 51.1 Å². The number of hydrogen-bond acceptors (Lipinski definition) is 3. The smallest absolute Gasteiger partial charge is 0.323 e. The molecule has 1 aromatic carbocycles. The molecule has 3 heteroatoms. The summed E-state index contributed by atoms with van der Waals surface area (Å²) in [5.41, 5.74) is 1.34. The van der Waals surface area contributed by atoms with Crippen LogP contribution in [0.1, 0.15) is 38.7 Å². The van der Waals surface area contributed by atoms with Crippen LogP contribution in [0.15, 0.2) is 30.3 Å². The molecule has 0 fully saturated rings. The lowest BCUT2D eigenvalue weighted by Gasteiger charge is -2.21. The Morgan fingerprint density at radius 3 is 2.37 bits per heavy atom. The number of carbonyl (C=O) groups excluding carboxylic acids is 1. The monoisotopic (exact) mass is 263 g/mol. The van der Waals surface area contributed by atoms with Gasteiger partial charge in [0.05, 0.1) is 7.11 Å². The van der Waals surface area contributed by atoms with Crippen LogP contribution in [0, 0.1) is 5.92 Å². The molecule has 2 atom stereocenters. The lowest BCUT2D eigenvalue weighted by molar-refractivity contribution is -0.144. The van der Waals surface area contributed by atoms with E-state index in [-0.39, 0.29) is 17.9 Å². The molecule has 106 valence electrons. The van der Waals surface area contributed by atoms with Gasteiger partial charge < -0.3 is 10.1 Å². The Balaban J connectivity index is 2.42. The summed E-state index contributed by atoms with van der Waals surface area (Å²) in [7, 11) is 1.44. The number of ether oxygens (including phenoxy) is 1. The number of carbonyl (C=O) groups is 1. The standard InChI is InChI=1S/C16H25NO2/c1-12(2)15(16(18)19-4)17-11-10-13(3)14-8-6-5-7-9-14/h5-9,12-13,15,17H,10-11H2,1-4H3. The van der Waals surface area contributed by atoms with Gasteiger partial charge in [0.2, 0.25) is 0 Å². The second-order valence-corrected chi connectivity index (χ2v) is 5.30. The first-order chi connectivity index (χ1) is 9.06. The van der Waals surface area contributed by atoms with E-state index >= 15 is 0 Å². The van der Waals surface area contributed by atoms with Crippen LogP contribution in [-0.4, -0.2) is 25.7 Å². The Morgan fingerprint density at radius 2 is 1.84 bits per heavy atom. The fourth-order valence-electron chi connectivity index (χ4n) is 2.12. The molecular weight excluding hydrogens is 238 g/mol. The van der Waals surface area contributed by atoms with Crippen LogP contribution in [0.25, 0.3) is 0 Å². The summed E-state index contributed by atoms with van der Waals surface area (Å²) < 4.78 is 4.81. The van der Waals surface area contributed by atoms with Crippen LogP contribution in [0.3, 0.4) is 0 Å². The largest absolute Gasteiger partial charge is 0.468 e. The summed E-state index contributed by atoms with van der Waals surface area (Å²) in [6.07, 6.45) is 1.00. The fraction of sp³-hybridized carbons (Fsp3) is 0.562. The van der Waals surface area contributed by atoms with Crippen molar-refractivity contribution in [1.29, 1.82) is 0 Å². The van der Waals surface area contributed by atoms with Gasteiger partial charge in [-0.15, -0.1) is 0 Å². The van der Waals surface area contributed by atoms with E-state index in [1.54, 1.807) is 0 Å². The number of hydrogen-bond donors (Lipinski definition) is 1. The third kappa shape index (κ3) is 5.03. The molecule has 0 aliphatic rings. The highest BCUT2D eigenvalue weighted by Crippen LogP contribution is 2.17. The van der Waals surface area contributed by atoms with Crippen LogP contribution < -0.4 is 5.32 Å². The molecule has 0 aliphatic carbocycles. The van der Waals surface area contributed by atoms with Crippen molar-refractivity contribution in [2.24, 2.45) is 5.92 Å². The van der Waals surface area contributed by atoms with E-state index in [9.17, 15) is 4.79 Å². The topological polar surface area (TPSA) is 38.3 Å². The van der Waals surface area contributed by atoms with E-state index < -0.39 is 0 Å². The predicted octanol–water partition coefficient (Wildman–Crippen LogP) is 2.97. The van der Waals surface area contributed by atoms with Crippen LogP contribution in [-0.2, 0) is 9.53 Å². The van der Waals surface area contributed by atoms with Gasteiger partial charge in [0.25, 0.3) is 0 Å². The number of esters is 1. The van der Waals surface area contributed by atoms with Crippen LogP contribution in [0.2, 0.25) is 0 Å². The van der Waals surface area contributed by atoms with Gasteiger partial charge in [0.15, 0.2) is 0 Å². The molecule has 19 heavy (non-hydrogen) atoms. The Labute approximate surface area is 116 Å². The molecule has 1 rings (SSSR count). The highest BCUT2D eigenvalue weighted by molar-refractivity contribution is 5.75. The van der Waals surface area contributed by atoms with Gasteiger partial charge in [-0.3, -0.25) is 4.79 Å². The molecular formula is C16H25NO2. The zero-order valence-corrected chi connectivity index (χ0v) is 12.3. The minimum absolute atomic E-state index is 0.178. The van der Waals surface area contributed by atoms with Crippen molar-refractivity contribution in [3.05, 3.63) is 35.9 Å². The van der Waals surface area contributed by atoms with Gasteiger partial charge in [0.1, 0.15) is 6.04 Å². The summed E-state index contributed by atoms with van der Waals surface area (Å²) in [5.74, 6) is 0.543. The maximum absolute atomic E-state index is 11.6. The van der Waals surface area contributed by atoms with E-state index in [0.29, 0.717) is 5.92 Å². The maximum atomic E-state index is 11.6. The number of nitrogens with one attached hydrogen (secondary N) is 1. The first-order valence-corrected chi connectivity index (χ1v) is 6.92. The van der Waals surface area contributed by atoms with E-state index in [1.807, 2.05) is 19.9 Å². The number of rotatable bonds is 7. The average Bonchev–Trinajstić information content (AvgIpc) is 2.43. The Morgan fingerprint density at radius 1 is 1.21 bits per heavy atom. The van der Waals surface area contributed by atoms with E-state index in [4.69, 9.17) is 4.74 Å². The Kier molecular flexibility index (Phi) is 6.57. The molecule has 2 unspecified atom stereocenters. The van der Waals surface area contributed by atoms with Gasteiger partial charge in [-0.05, 0) is 30.4 Å². The van der Waals surface area contributed by atoms with Gasteiger partial charge in [0, 0.05) is 0 Å². The summed E-state index contributed by atoms with van der Waals surface area (Å²) in [6, 6.07) is 10.2. The fourth-order valence-corrected chi connectivity index (χ4v) is 2.12. The minimum atomic E-state index is -0.215. The highest BCUT2D eigenvalue weighted by atomic mass is 16.5. The second-order valence-electron chi connectivity index (χ2n) is 5.30. The van der Waals surface area contributed by atoms with Crippen molar-refractivity contribution < 1.29 is 9.53 Å². The first-order valence-electron chi connectivity index (χ1n) is 6.92. The lowest BCUT2D eigenvalue weighted by atomic mass is 9.97. The highest BCUT2D eigenvalue weighted by Gasteiger charge is 2.22. The second kappa shape index (κ2) is 7.95. The summed E-state index contributed by atoms with van der Waals surface area (Å²) in [5, 5.41) is 3.30. The maximum Gasteiger partial charge on any atom is 0.323 e. The van der Waals surface area contributed by atoms with Crippen molar-refractivity contribution in [3.63, 3.8) is 0 Å².